The van der Waals surface area contributed by atoms with Gasteiger partial charge < -0.3 is 0 Å². The van der Waals surface area contributed by atoms with Gasteiger partial charge >= 0.3 is 0 Å². The van der Waals surface area contributed by atoms with Crippen LogP contribution in [0, 0.1) is 0 Å². The van der Waals surface area contributed by atoms with Crippen LogP contribution in [0.15, 0.2) is 176 Å². The molecule has 0 N–H and O–H groups in total. The smallest absolute Gasteiger partial charge is 0.114 e. The topological polar surface area (TPSA) is 17.8 Å². The standard InChI is InChI=1S/C47H34N2/c1-2-45-48-42-25-13-15-27-44(42)49(45)43-26-14-12-19-36(43)33-28-30-34(31-29-33)46-38-21-8-10-23-40(38)47(41-24-11-9-22-39(41)46)37-20-7-6-18-35(37)32-16-4-3-5-17-32/h3-31H,2H2,1H3/i1D3,2D2. The summed E-state index contributed by atoms with van der Waals surface area (Å²) in [6.07, 6.45) is -2.70. The molecule has 9 rings (SSSR count). The van der Waals surface area contributed by atoms with Gasteiger partial charge in [0.1, 0.15) is 5.82 Å². The molecule has 0 unspecified atom stereocenters. The van der Waals surface area contributed by atoms with Gasteiger partial charge in [-0.05, 0) is 78.7 Å². The Labute approximate surface area is 293 Å². The number of fused-ring (bicyclic) bond motifs is 3. The molecule has 9 aromatic rings. The molecule has 0 amide bonds. The number of aryl methyl sites for hydroxylation is 1. The molecule has 8 aromatic carbocycles. The zero-order valence-electron chi connectivity index (χ0n) is 31.6. The molecule has 0 radical (unpaired) electrons. The molecular weight excluding hydrogens is 593 g/mol. The van der Waals surface area contributed by atoms with E-state index in [9.17, 15) is 0 Å². The van der Waals surface area contributed by atoms with Gasteiger partial charge in [0.05, 0.1) is 16.7 Å². The van der Waals surface area contributed by atoms with Crippen LogP contribution in [0.2, 0.25) is 0 Å². The molecule has 0 atom stereocenters. The maximum absolute atomic E-state index is 8.72. The van der Waals surface area contributed by atoms with E-state index < -0.39 is 13.2 Å². The lowest BCUT2D eigenvalue weighted by molar-refractivity contribution is 0.909. The van der Waals surface area contributed by atoms with Crippen molar-refractivity contribution in [3.63, 3.8) is 0 Å². The van der Waals surface area contributed by atoms with Gasteiger partial charge in [0.25, 0.3) is 0 Å². The number of nitrogens with zero attached hydrogens (tertiary/aromatic N) is 2. The normalized spacial score (nSPS) is 13.5. The van der Waals surface area contributed by atoms with E-state index in [4.69, 9.17) is 6.85 Å². The minimum atomic E-state index is -2.92. The fourth-order valence-corrected chi connectivity index (χ4v) is 7.38. The van der Waals surface area contributed by atoms with Crippen molar-refractivity contribution in [2.45, 2.75) is 13.2 Å². The first-order valence-electron chi connectivity index (χ1n) is 19.0. The molecule has 0 bridgehead atoms. The Morgan fingerprint density at radius 2 is 0.980 bits per heavy atom. The van der Waals surface area contributed by atoms with Gasteiger partial charge in [0.2, 0.25) is 0 Å². The van der Waals surface area contributed by atoms with E-state index in [1.54, 1.807) is 10.6 Å². The summed E-state index contributed by atoms with van der Waals surface area (Å²) in [6, 6.07) is 59.9. The quantitative estimate of drug-likeness (QED) is 0.167. The predicted molar refractivity (Wildman–Crippen MR) is 207 cm³/mol. The van der Waals surface area contributed by atoms with Crippen molar-refractivity contribution in [3.05, 3.63) is 182 Å². The van der Waals surface area contributed by atoms with Crippen LogP contribution in [0.25, 0.3) is 82.8 Å². The third-order valence-electron chi connectivity index (χ3n) is 9.51. The summed E-state index contributed by atoms with van der Waals surface area (Å²) in [5, 5.41) is 4.66. The molecule has 2 heteroatoms. The lowest BCUT2D eigenvalue weighted by atomic mass is 9.83. The van der Waals surface area contributed by atoms with E-state index in [0.29, 0.717) is 16.7 Å². The van der Waals surface area contributed by atoms with Crippen molar-refractivity contribution in [3.8, 4) is 50.2 Å². The van der Waals surface area contributed by atoms with Crippen LogP contribution in [0.3, 0.4) is 0 Å². The summed E-state index contributed by atoms with van der Waals surface area (Å²) in [4.78, 5) is 4.55. The molecule has 0 fully saturated rings. The highest BCUT2D eigenvalue weighted by Gasteiger charge is 2.19. The molecule has 232 valence electrons. The maximum Gasteiger partial charge on any atom is 0.114 e. The van der Waals surface area contributed by atoms with Gasteiger partial charge in [-0.1, -0.05) is 165 Å². The number of benzene rings is 8. The van der Waals surface area contributed by atoms with Gasteiger partial charge in [0.15, 0.2) is 0 Å². The molecule has 0 saturated heterocycles. The molecule has 0 saturated carbocycles. The Morgan fingerprint density at radius 3 is 1.67 bits per heavy atom. The minimum Gasteiger partial charge on any atom is -0.296 e. The van der Waals surface area contributed by atoms with Crippen LogP contribution in [-0.2, 0) is 6.37 Å². The highest BCUT2D eigenvalue weighted by molar-refractivity contribution is 6.22. The summed E-state index contributed by atoms with van der Waals surface area (Å²) in [6.45, 7) is -2.92. The Balaban J connectivity index is 1.22. The predicted octanol–water partition coefficient (Wildman–Crippen LogP) is 12.6. The number of para-hydroxylation sites is 3. The minimum absolute atomic E-state index is 0.153. The SMILES string of the molecule is [2H]C([2H])([2H])C([2H])([2H])c1nc2ccccc2n1-c1ccccc1-c1ccc(-c2c3ccccc3c(-c3ccccc3-c3ccccc3)c3ccccc23)cc1. The van der Waals surface area contributed by atoms with Crippen molar-refractivity contribution in [1.29, 1.82) is 0 Å². The lowest BCUT2D eigenvalue weighted by Crippen LogP contribution is -2.02. The van der Waals surface area contributed by atoms with Gasteiger partial charge in [-0.3, -0.25) is 4.57 Å². The van der Waals surface area contributed by atoms with E-state index in [1.807, 2.05) is 48.5 Å². The average Bonchev–Trinajstić information content (AvgIpc) is 3.60. The molecule has 0 aliphatic rings. The Kier molecular flexibility index (Phi) is 5.91. The van der Waals surface area contributed by atoms with Crippen molar-refractivity contribution < 1.29 is 6.85 Å². The fourth-order valence-electron chi connectivity index (χ4n) is 7.38. The first-order valence-corrected chi connectivity index (χ1v) is 16.5. The monoisotopic (exact) mass is 631 g/mol. The summed E-state index contributed by atoms with van der Waals surface area (Å²) in [7, 11) is 0. The molecule has 0 aliphatic heterocycles. The zero-order valence-corrected chi connectivity index (χ0v) is 26.6. The largest absolute Gasteiger partial charge is 0.296 e. The van der Waals surface area contributed by atoms with Crippen LogP contribution in [0.4, 0.5) is 0 Å². The number of rotatable bonds is 6. The molecule has 1 heterocycles. The van der Waals surface area contributed by atoms with E-state index >= 15 is 0 Å². The van der Waals surface area contributed by atoms with Crippen molar-refractivity contribution in [2.24, 2.45) is 0 Å². The molecule has 1 aromatic heterocycles. The van der Waals surface area contributed by atoms with Gasteiger partial charge in [-0.2, -0.15) is 0 Å². The number of aromatic nitrogens is 2. The second-order valence-electron chi connectivity index (χ2n) is 12.2. The van der Waals surface area contributed by atoms with Gasteiger partial charge in [-0.15, -0.1) is 0 Å². The number of imidazole rings is 1. The molecule has 0 aliphatic carbocycles. The number of hydrogen-bond donors (Lipinski definition) is 0. The van der Waals surface area contributed by atoms with E-state index in [0.717, 1.165) is 33.0 Å². The fraction of sp³-hybridized carbons (Fsp3) is 0.0426. The average molecular weight is 632 g/mol. The second-order valence-corrected chi connectivity index (χ2v) is 12.2. The van der Waals surface area contributed by atoms with Crippen molar-refractivity contribution >= 4 is 32.6 Å². The Morgan fingerprint density at radius 1 is 0.469 bits per heavy atom. The first kappa shape index (κ1) is 24.0. The summed E-state index contributed by atoms with van der Waals surface area (Å²) in [5.74, 6) is -0.153. The van der Waals surface area contributed by atoms with Crippen LogP contribution >= 0.6 is 0 Å². The molecular formula is C47H34N2. The lowest BCUT2D eigenvalue weighted by Gasteiger charge is -2.20. The van der Waals surface area contributed by atoms with Crippen molar-refractivity contribution in [2.75, 3.05) is 0 Å². The van der Waals surface area contributed by atoms with E-state index in [2.05, 4.69) is 126 Å². The summed E-state index contributed by atoms with van der Waals surface area (Å²) < 4.78 is 43.3. The summed E-state index contributed by atoms with van der Waals surface area (Å²) in [5.41, 5.74) is 10.5. The molecule has 49 heavy (non-hydrogen) atoms. The van der Waals surface area contributed by atoms with E-state index in [-0.39, 0.29) is 5.82 Å². The Bertz CT molecular complexity index is 2780. The Hall–Kier alpha value is -6.25. The van der Waals surface area contributed by atoms with Crippen LogP contribution in [-0.4, -0.2) is 9.55 Å². The van der Waals surface area contributed by atoms with Gasteiger partial charge in [0, 0.05) is 18.8 Å². The highest BCUT2D eigenvalue weighted by Crippen LogP contribution is 2.46. The second kappa shape index (κ2) is 12.1. The first-order chi connectivity index (χ1) is 26.2. The third kappa shape index (κ3) is 4.84. The van der Waals surface area contributed by atoms with Crippen LogP contribution in [0.5, 0.6) is 0 Å². The molecule has 2 nitrogen and oxygen atoms in total. The maximum atomic E-state index is 8.72. The third-order valence-corrected chi connectivity index (χ3v) is 9.51. The highest BCUT2D eigenvalue weighted by atomic mass is 15.1. The van der Waals surface area contributed by atoms with Crippen LogP contribution < -0.4 is 0 Å². The summed E-state index contributed by atoms with van der Waals surface area (Å²) >= 11 is 0. The molecule has 0 spiro atoms. The zero-order chi connectivity index (χ0) is 37.0. The van der Waals surface area contributed by atoms with Gasteiger partial charge in [-0.25, -0.2) is 4.98 Å². The number of hydrogen-bond acceptors (Lipinski definition) is 1. The van der Waals surface area contributed by atoms with Crippen LogP contribution in [0.1, 0.15) is 19.5 Å². The van der Waals surface area contributed by atoms with Crippen molar-refractivity contribution in [1.82, 2.24) is 9.55 Å². The van der Waals surface area contributed by atoms with E-state index in [1.165, 1.54) is 33.0 Å².